The lowest BCUT2D eigenvalue weighted by Gasteiger charge is -2.10. The van der Waals surface area contributed by atoms with Crippen LogP contribution >= 0.6 is 11.3 Å². The minimum absolute atomic E-state index is 0.108. The number of ether oxygens (including phenoxy) is 3. The number of benzene rings is 1. The van der Waals surface area contributed by atoms with Crippen molar-refractivity contribution in [1.29, 1.82) is 0 Å². The number of amides is 1. The lowest BCUT2D eigenvalue weighted by molar-refractivity contribution is -0.116. The average molecular weight is 351 g/mol. The van der Waals surface area contributed by atoms with Gasteiger partial charge in [-0.1, -0.05) is 17.4 Å². The van der Waals surface area contributed by atoms with Gasteiger partial charge in [-0.15, -0.1) is 10.2 Å². The molecule has 0 fully saturated rings. The molecule has 2 rings (SSSR count). The summed E-state index contributed by atoms with van der Waals surface area (Å²) in [7, 11) is 3.19. The third kappa shape index (κ3) is 5.17. The minimum atomic E-state index is -0.108. The molecule has 8 heteroatoms. The molecule has 0 saturated carbocycles. The van der Waals surface area contributed by atoms with Crippen molar-refractivity contribution in [2.45, 2.75) is 26.4 Å². The van der Waals surface area contributed by atoms with Crippen LogP contribution in [0.25, 0.3) is 0 Å². The molecule has 1 amide bonds. The van der Waals surface area contributed by atoms with E-state index >= 15 is 0 Å². The molecule has 0 unspecified atom stereocenters. The highest BCUT2D eigenvalue weighted by Gasteiger charge is 2.10. The van der Waals surface area contributed by atoms with Crippen LogP contribution in [0.1, 0.15) is 23.9 Å². The fourth-order valence-corrected chi connectivity index (χ4v) is 2.80. The molecule has 0 radical (unpaired) electrons. The molecule has 1 N–H and O–H groups in total. The third-order valence-corrected chi connectivity index (χ3v) is 3.96. The first-order valence-corrected chi connectivity index (χ1v) is 8.38. The SMILES string of the molecule is CCOc1ccc(CCC(=O)Nc2nnc(COC)s2)cc1OC. The monoisotopic (exact) mass is 351 g/mol. The average Bonchev–Trinajstić information content (AvgIpc) is 3.01. The molecule has 0 atom stereocenters. The van der Waals surface area contributed by atoms with E-state index in [1.807, 2.05) is 25.1 Å². The quantitative estimate of drug-likeness (QED) is 0.748. The van der Waals surface area contributed by atoms with Gasteiger partial charge in [-0.2, -0.15) is 0 Å². The van der Waals surface area contributed by atoms with Crippen LogP contribution in [0.15, 0.2) is 18.2 Å². The van der Waals surface area contributed by atoms with Crippen molar-refractivity contribution >= 4 is 22.4 Å². The van der Waals surface area contributed by atoms with Gasteiger partial charge in [-0.25, -0.2) is 0 Å². The molecule has 7 nitrogen and oxygen atoms in total. The van der Waals surface area contributed by atoms with Crippen molar-refractivity contribution in [3.8, 4) is 11.5 Å². The van der Waals surface area contributed by atoms with Gasteiger partial charge >= 0.3 is 0 Å². The van der Waals surface area contributed by atoms with Crippen molar-refractivity contribution < 1.29 is 19.0 Å². The largest absolute Gasteiger partial charge is 0.493 e. The summed E-state index contributed by atoms with van der Waals surface area (Å²) in [5.41, 5.74) is 1.00. The summed E-state index contributed by atoms with van der Waals surface area (Å²) in [5, 5.41) is 11.8. The molecule has 0 aliphatic heterocycles. The second-order valence-corrected chi connectivity index (χ2v) is 5.96. The van der Waals surface area contributed by atoms with E-state index < -0.39 is 0 Å². The Kier molecular flexibility index (Phi) is 6.95. The molecule has 1 aromatic heterocycles. The Morgan fingerprint density at radius 2 is 2.08 bits per heavy atom. The normalized spacial score (nSPS) is 10.5. The first kappa shape index (κ1) is 18.2. The number of nitrogens with one attached hydrogen (secondary N) is 1. The van der Waals surface area contributed by atoms with Gasteiger partial charge in [0.25, 0.3) is 0 Å². The van der Waals surface area contributed by atoms with Gasteiger partial charge in [0.05, 0.1) is 13.7 Å². The minimum Gasteiger partial charge on any atom is -0.493 e. The summed E-state index contributed by atoms with van der Waals surface area (Å²) < 4.78 is 15.8. The molecule has 24 heavy (non-hydrogen) atoms. The van der Waals surface area contributed by atoms with Gasteiger partial charge in [0, 0.05) is 13.5 Å². The van der Waals surface area contributed by atoms with Crippen LogP contribution < -0.4 is 14.8 Å². The number of methoxy groups -OCH3 is 2. The Morgan fingerprint density at radius 1 is 1.25 bits per heavy atom. The van der Waals surface area contributed by atoms with E-state index in [1.165, 1.54) is 11.3 Å². The summed E-state index contributed by atoms with van der Waals surface area (Å²) >= 11 is 1.31. The van der Waals surface area contributed by atoms with Crippen LogP contribution in [0.2, 0.25) is 0 Å². The summed E-state index contributed by atoms with van der Waals surface area (Å²) in [6.45, 7) is 2.88. The second-order valence-electron chi connectivity index (χ2n) is 4.90. The highest BCUT2D eigenvalue weighted by molar-refractivity contribution is 7.15. The molecule has 1 aromatic carbocycles. The summed E-state index contributed by atoms with van der Waals surface area (Å²) in [4.78, 5) is 12.0. The second kappa shape index (κ2) is 9.19. The number of hydrogen-bond acceptors (Lipinski definition) is 7. The van der Waals surface area contributed by atoms with Crippen LogP contribution in [0.5, 0.6) is 11.5 Å². The summed E-state index contributed by atoms with van der Waals surface area (Å²) in [6.07, 6.45) is 0.939. The number of aromatic nitrogens is 2. The van der Waals surface area contributed by atoms with Crippen LogP contribution in [0.3, 0.4) is 0 Å². The van der Waals surface area contributed by atoms with E-state index in [0.717, 1.165) is 10.6 Å². The summed E-state index contributed by atoms with van der Waals surface area (Å²) in [6, 6.07) is 5.68. The zero-order chi connectivity index (χ0) is 17.4. The highest BCUT2D eigenvalue weighted by atomic mass is 32.1. The number of rotatable bonds is 9. The fourth-order valence-electron chi connectivity index (χ4n) is 2.07. The molecular weight excluding hydrogens is 330 g/mol. The van der Waals surface area contributed by atoms with Crippen molar-refractivity contribution in [2.75, 3.05) is 26.1 Å². The van der Waals surface area contributed by atoms with E-state index in [-0.39, 0.29) is 5.91 Å². The van der Waals surface area contributed by atoms with Gasteiger partial charge in [0.1, 0.15) is 11.6 Å². The molecule has 0 aliphatic rings. The fraction of sp³-hybridized carbons (Fsp3) is 0.438. The lowest BCUT2D eigenvalue weighted by Crippen LogP contribution is -2.12. The number of aryl methyl sites for hydroxylation is 1. The van der Waals surface area contributed by atoms with Crippen LogP contribution in [0, 0.1) is 0 Å². The highest BCUT2D eigenvalue weighted by Crippen LogP contribution is 2.28. The molecule has 0 spiro atoms. The van der Waals surface area contributed by atoms with Crippen LogP contribution in [-0.4, -0.2) is 36.9 Å². The van der Waals surface area contributed by atoms with Crippen molar-refractivity contribution in [3.63, 3.8) is 0 Å². The van der Waals surface area contributed by atoms with Gasteiger partial charge < -0.3 is 19.5 Å². The molecule has 2 aromatic rings. The predicted octanol–water partition coefficient (Wildman–Crippen LogP) is 2.66. The van der Waals surface area contributed by atoms with E-state index in [1.54, 1.807) is 14.2 Å². The van der Waals surface area contributed by atoms with Crippen LogP contribution in [-0.2, 0) is 22.6 Å². The molecule has 0 saturated heterocycles. The Morgan fingerprint density at radius 3 is 2.79 bits per heavy atom. The van der Waals surface area contributed by atoms with Crippen LogP contribution in [0.4, 0.5) is 5.13 Å². The number of anilines is 1. The molecule has 1 heterocycles. The van der Waals surface area contributed by atoms with Gasteiger partial charge in [0.2, 0.25) is 11.0 Å². The molecule has 0 bridgehead atoms. The maximum atomic E-state index is 12.0. The first-order valence-electron chi connectivity index (χ1n) is 7.57. The van der Waals surface area contributed by atoms with Gasteiger partial charge in [-0.05, 0) is 31.0 Å². The number of nitrogens with zero attached hydrogens (tertiary/aromatic N) is 2. The van der Waals surface area contributed by atoms with E-state index in [4.69, 9.17) is 14.2 Å². The maximum Gasteiger partial charge on any atom is 0.226 e. The van der Waals surface area contributed by atoms with E-state index in [2.05, 4.69) is 15.5 Å². The van der Waals surface area contributed by atoms with E-state index in [0.29, 0.717) is 42.7 Å². The Labute approximate surface area is 145 Å². The number of hydrogen-bond donors (Lipinski definition) is 1. The topological polar surface area (TPSA) is 82.6 Å². The van der Waals surface area contributed by atoms with Crippen molar-refractivity contribution in [2.24, 2.45) is 0 Å². The van der Waals surface area contributed by atoms with Gasteiger partial charge in [-0.3, -0.25) is 4.79 Å². The van der Waals surface area contributed by atoms with Crippen molar-refractivity contribution in [1.82, 2.24) is 10.2 Å². The predicted molar refractivity (Wildman–Crippen MR) is 91.7 cm³/mol. The zero-order valence-electron chi connectivity index (χ0n) is 14.0. The smallest absolute Gasteiger partial charge is 0.226 e. The molecular formula is C16H21N3O4S. The standard InChI is InChI=1S/C16H21N3O4S/c1-4-23-12-7-5-11(9-13(12)22-3)6-8-14(20)17-16-19-18-15(24-16)10-21-2/h5,7,9H,4,6,8,10H2,1-3H3,(H,17,19,20). The molecule has 130 valence electrons. The Bertz CT molecular complexity index is 675. The number of carbonyl (C=O) groups excluding carboxylic acids is 1. The van der Waals surface area contributed by atoms with E-state index in [9.17, 15) is 4.79 Å². The Balaban J connectivity index is 1.88. The first-order chi connectivity index (χ1) is 11.7. The lowest BCUT2D eigenvalue weighted by atomic mass is 10.1. The summed E-state index contributed by atoms with van der Waals surface area (Å²) in [5.74, 6) is 1.26. The van der Waals surface area contributed by atoms with Crippen molar-refractivity contribution in [3.05, 3.63) is 28.8 Å². The Hall–Kier alpha value is -2.19. The van der Waals surface area contributed by atoms with Gasteiger partial charge in [0.15, 0.2) is 11.5 Å². The number of carbonyl (C=O) groups is 1. The zero-order valence-corrected chi connectivity index (χ0v) is 14.8. The molecule has 0 aliphatic carbocycles. The third-order valence-electron chi connectivity index (χ3n) is 3.15. The maximum absolute atomic E-state index is 12.0.